The molecule has 0 saturated carbocycles. The number of carbonyl (C=O) groups excluding carboxylic acids is 1. The van der Waals surface area contributed by atoms with Crippen LogP contribution in [0.25, 0.3) is 22.2 Å². The second kappa shape index (κ2) is 7.00. The van der Waals surface area contributed by atoms with E-state index in [1.807, 2.05) is 46.8 Å². The molecule has 0 spiro atoms. The summed E-state index contributed by atoms with van der Waals surface area (Å²) in [5, 5.41) is 4.10. The molecular weight excluding hydrogens is 396 g/mol. The normalized spacial score (nSPS) is 18.5. The van der Waals surface area contributed by atoms with Gasteiger partial charge in [0.25, 0.3) is 0 Å². The Morgan fingerprint density at radius 2 is 2.03 bits per heavy atom. The predicted octanol–water partition coefficient (Wildman–Crippen LogP) is 4.42. The van der Waals surface area contributed by atoms with Crippen molar-refractivity contribution >= 4 is 17.1 Å². The molecule has 1 saturated heterocycles. The largest absolute Gasteiger partial charge is 0.489 e. The minimum atomic E-state index is -0.496. The quantitative estimate of drug-likeness (QED) is 0.605. The van der Waals surface area contributed by atoms with Crippen LogP contribution in [-0.2, 0) is 11.3 Å². The third-order valence-electron chi connectivity index (χ3n) is 5.96. The highest BCUT2D eigenvalue weighted by Gasteiger charge is 2.35. The lowest BCUT2D eigenvalue weighted by Gasteiger charge is -2.24. The molecule has 0 radical (unpaired) electrons. The first-order valence-corrected chi connectivity index (χ1v) is 10.8. The van der Waals surface area contributed by atoms with E-state index >= 15 is 0 Å². The van der Waals surface area contributed by atoms with Crippen LogP contribution in [0.1, 0.15) is 50.4 Å². The third kappa shape index (κ3) is 3.34. The fourth-order valence-electron chi connectivity index (χ4n) is 4.66. The summed E-state index contributed by atoms with van der Waals surface area (Å²) in [4.78, 5) is 19.3. The number of aromatic nitrogens is 3. The highest BCUT2D eigenvalue weighted by molar-refractivity contribution is 5.92. The Kier molecular flexibility index (Phi) is 4.50. The molecule has 4 heterocycles. The number of benzene rings is 1. The topological polar surface area (TPSA) is 82.6 Å². The van der Waals surface area contributed by atoms with Crippen LogP contribution in [0, 0.1) is 13.8 Å². The molecule has 8 heteroatoms. The molecule has 1 aromatic carbocycles. The Hall–Kier alpha value is -3.03. The van der Waals surface area contributed by atoms with Crippen molar-refractivity contribution in [3.63, 3.8) is 0 Å². The Labute approximate surface area is 181 Å². The van der Waals surface area contributed by atoms with Crippen LogP contribution < -0.4 is 4.74 Å². The standard InChI is InChI=1S/C23H28N4O4/c1-13-18(14(2)31-25-13)16-6-7-17-19-20(16)29-11-10-27(19)21(24-17)15-8-9-26(12-15)22(28)30-23(3,4)5/h6-7,15H,8-12H2,1-5H3. The molecule has 0 aliphatic carbocycles. The van der Waals surface area contributed by atoms with Gasteiger partial charge in [0, 0.05) is 24.6 Å². The molecule has 0 bridgehead atoms. The number of hydrogen-bond acceptors (Lipinski definition) is 6. The summed E-state index contributed by atoms with van der Waals surface area (Å²) in [6.07, 6.45) is 0.615. The van der Waals surface area contributed by atoms with Gasteiger partial charge in [-0.25, -0.2) is 9.78 Å². The number of ether oxygens (including phenoxy) is 2. The van der Waals surface area contributed by atoms with Crippen molar-refractivity contribution in [3.8, 4) is 16.9 Å². The summed E-state index contributed by atoms with van der Waals surface area (Å²) in [6.45, 7) is 12.1. The second-order valence-corrected chi connectivity index (χ2v) is 9.39. The lowest BCUT2D eigenvalue weighted by atomic mass is 10.0. The van der Waals surface area contributed by atoms with Crippen LogP contribution in [0.2, 0.25) is 0 Å². The highest BCUT2D eigenvalue weighted by Crippen LogP contribution is 2.43. The average molecular weight is 425 g/mol. The van der Waals surface area contributed by atoms with Crippen molar-refractivity contribution in [1.29, 1.82) is 0 Å². The van der Waals surface area contributed by atoms with Gasteiger partial charge < -0.3 is 23.5 Å². The fourth-order valence-corrected chi connectivity index (χ4v) is 4.66. The number of imidazole rings is 1. The minimum absolute atomic E-state index is 0.174. The zero-order chi connectivity index (χ0) is 21.9. The first kappa shape index (κ1) is 19.9. The van der Waals surface area contributed by atoms with E-state index in [4.69, 9.17) is 19.0 Å². The molecule has 0 N–H and O–H groups in total. The average Bonchev–Trinajstić information content (AvgIpc) is 3.40. The van der Waals surface area contributed by atoms with Crippen LogP contribution in [-0.4, -0.2) is 51.0 Å². The van der Waals surface area contributed by atoms with Crippen molar-refractivity contribution < 1.29 is 18.8 Å². The number of carbonyl (C=O) groups is 1. The van der Waals surface area contributed by atoms with E-state index in [1.54, 1.807) is 4.90 Å². The zero-order valence-corrected chi connectivity index (χ0v) is 18.7. The van der Waals surface area contributed by atoms with Gasteiger partial charge in [0.2, 0.25) is 0 Å². The van der Waals surface area contributed by atoms with E-state index in [9.17, 15) is 4.79 Å². The minimum Gasteiger partial charge on any atom is -0.489 e. The number of hydrogen-bond donors (Lipinski definition) is 0. The predicted molar refractivity (Wildman–Crippen MR) is 115 cm³/mol. The molecule has 2 aliphatic rings. The summed E-state index contributed by atoms with van der Waals surface area (Å²) in [5.74, 6) is 2.80. The first-order chi connectivity index (χ1) is 14.7. The first-order valence-electron chi connectivity index (χ1n) is 10.8. The SMILES string of the molecule is Cc1noc(C)c1-c1ccc2nc(C3CCN(C(=O)OC(C)(C)C)C3)n3c2c1OCC3. The summed E-state index contributed by atoms with van der Waals surface area (Å²) >= 11 is 0. The van der Waals surface area contributed by atoms with Crippen LogP contribution in [0.15, 0.2) is 16.7 Å². The molecule has 164 valence electrons. The molecular formula is C23H28N4O4. The molecule has 8 nitrogen and oxygen atoms in total. The third-order valence-corrected chi connectivity index (χ3v) is 5.96. The summed E-state index contributed by atoms with van der Waals surface area (Å²) < 4.78 is 19.3. The molecule has 1 amide bonds. The highest BCUT2D eigenvalue weighted by atomic mass is 16.6. The molecule has 1 atom stereocenters. The van der Waals surface area contributed by atoms with Gasteiger partial charge in [-0.3, -0.25) is 0 Å². The van der Waals surface area contributed by atoms with Crippen LogP contribution in [0.4, 0.5) is 4.79 Å². The van der Waals surface area contributed by atoms with Crippen molar-refractivity contribution in [2.75, 3.05) is 19.7 Å². The Balaban J connectivity index is 1.51. The Bertz CT molecular complexity index is 1150. The number of nitrogens with zero attached hydrogens (tertiary/aromatic N) is 4. The summed E-state index contributed by atoms with van der Waals surface area (Å²) in [6, 6.07) is 4.08. The van der Waals surface area contributed by atoms with Gasteiger partial charge in [-0.05, 0) is 53.2 Å². The summed E-state index contributed by atoms with van der Waals surface area (Å²) in [7, 11) is 0. The molecule has 2 aliphatic heterocycles. The smallest absolute Gasteiger partial charge is 0.410 e. The van der Waals surface area contributed by atoms with E-state index in [-0.39, 0.29) is 12.0 Å². The number of likely N-dealkylation sites (tertiary alicyclic amines) is 1. The van der Waals surface area contributed by atoms with Crippen molar-refractivity contribution in [1.82, 2.24) is 19.6 Å². The van der Waals surface area contributed by atoms with Gasteiger partial charge in [-0.2, -0.15) is 0 Å². The van der Waals surface area contributed by atoms with E-state index in [2.05, 4.69) is 9.72 Å². The molecule has 1 unspecified atom stereocenters. The van der Waals surface area contributed by atoms with Gasteiger partial charge in [0.1, 0.15) is 29.3 Å². The van der Waals surface area contributed by atoms with E-state index < -0.39 is 5.60 Å². The number of aryl methyl sites for hydroxylation is 2. The van der Waals surface area contributed by atoms with E-state index in [0.717, 1.165) is 58.2 Å². The van der Waals surface area contributed by atoms with Crippen molar-refractivity contribution in [2.24, 2.45) is 0 Å². The van der Waals surface area contributed by atoms with Crippen molar-refractivity contribution in [3.05, 3.63) is 29.4 Å². The van der Waals surface area contributed by atoms with Gasteiger partial charge in [0.15, 0.2) is 5.75 Å². The van der Waals surface area contributed by atoms with Gasteiger partial charge in [-0.1, -0.05) is 5.16 Å². The summed E-state index contributed by atoms with van der Waals surface area (Å²) in [5.41, 5.74) is 4.23. The Morgan fingerprint density at radius 1 is 1.23 bits per heavy atom. The maximum Gasteiger partial charge on any atom is 0.410 e. The molecule has 1 fully saturated rings. The van der Waals surface area contributed by atoms with Gasteiger partial charge in [0.05, 0.1) is 23.3 Å². The second-order valence-electron chi connectivity index (χ2n) is 9.39. The lowest BCUT2D eigenvalue weighted by molar-refractivity contribution is 0.0292. The van der Waals surface area contributed by atoms with Crippen LogP contribution in [0.5, 0.6) is 5.75 Å². The number of amides is 1. The van der Waals surface area contributed by atoms with Crippen LogP contribution >= 0.6 is 0 Å². The molecule has 2 aromatic heterocycles. The van der Waals surface area contributed by atoms with Gasteiger partial charge in [-0.15, -0.1) is 0 Å². The maximum absolute atomic E-state index is 12.5. The zero-order valence-electron chi connectivity index (χ0n) is 18.7. The lowest BCUT2D eigenvalue weighted by Crippen LogP contribution is -2.35. The van der Waals surface area contributed by atoms with E-state index in [0.29, 0.717) is 19.7 Å². The Morgan fingerprint density at radius 3 is 2.74 bits per heavy atom. The van der Waals surface area contributed by atoms with Crippen molar-refractivity contribution in [2.45, 2.75) is 59.1 Å². The van der Waals surface area contributed by atoms with E-state index in [1.165, 1.54) is 0 Å². The monoisotopic (exact) mass is 424 g/mol. The number of rotatable bonds is 2. The van der Waals surface area contributed by atoms with Crippen LogP contribution in [0.3, 0.4) is 0 Å². The maximum atomic E-state index is 12.5. The molecule has 3 aromatic rings. The molecule has 31 heavy (non-hydrogen) atoms. The van der Waals surface area contributed by atoms with Gasteiger partial charge >= 0.3 is 6.09 Å². The fraction of sp³-hybridized carbons (Fsp3) is 0.522. The molecule has 5 rings (SSSR count).